The third-order valence-electron chi connectivity index (χ3n) is 12.7. The van der Waals surface area contributed by atoms with E-state index < -0.39 is 99.1 Å². The number of hydrogen-bond donors (Lipinski definition) is 3. The first kappa shape index (κ1) is 44.3. The van der Waals surface area contributed by atoms with Crippen molar-refractivity contribution in [3.05, 3.63) is 47.3 Å². The van der Waals surface area contributed by atoms with Gasteiger partial charge in [0.25, 0.3) is 5.91 Å². The minimum atomic E-state index is -5.13. The first-order chi connectivity index (χ1) is 28.4. The molecular weight excluding hydrogens is 850 g/mol. The highest BCUT2D eigenvalue weighted by molar-refractivity contribution is 7.91. The van der Waals surface area contributed by atoms with E-state index in [2.05, 4.69) is 15.3 Å². The zero-order valence-corrected chi connectivity index (χ0v) is 35.7. The molecule has 15 nitrogen and oxygen atoms in total. The van der Waals surface area contributed by atoms with Gasteiger partial charge in [-0.15, -0.1) is 0 Å². The lowest BCUT2D eigenvalue weighted by molar-refractivity contribution is -0.222. The Morgan fingerprint density at radius 1 is 1.15 bits per heavy atom. The summed E-state index contributed by atoms with van der Waals surface area (Å²) < 4.78 is 93.0. The van der Waals surface area contributed by atoms with E-state index in [9.17, 15) is 45.5 Å². The quantitative estimate of drug-likeness (QED) is 0.186. The molecule has 61 heavy (non-hydrogen) atoms. The van der Waals surface area contributed by atoms with E-state index in [0.717, 1.165) is 4.90 Å². The first-order valence-corrected chi connectivity index (χ1v) is 21.9. The van der Waals surface area contributed by atoms with Crippen LogP contribution in [0.5, 0.6) is 5.88 Å². The maximum atomic E-state index is 15.1. The van der Waals surface area contributed by atoms with Crippen LogP contribution < -0.4 is 14.8 Å². The Labute approximate surface area is 354 Å². The van der Waals surface area contributed by atoms with Gasteiger partial charge < -0.3 is 20.1 Å². The van der Waals surface area contributed by atoms with E-state index in [0.29, 0.717) is 48.3 Å². The number of nitrogens with one attached hydrogen (secondary N) is 2. The topological polar surface area (TPSA) is 193 Å². The number of carbonyl (C=O) groups excluding carboxylic acids is 3. The molecule has 0 unspecified atom stereocenters. The minimum absolute atomic E-state index is 0.00488. The predicted molar refractivity (Wildman–Crippen MR) is 214 cm³/mol. The normalized spacial score (nSPS) is 28.9. The number of hydrogen-bond acceptors (Lipinski definition) is 9. The van der Waals surface area contributed by atoms with Crippen LogP contribution in [-0.4, -0.2) is 115 Å². The maximum absolute atomic E-state index is 15.1. The molecule has 1 saturated heterocycles. The fourth-order valence-electron chi connectivity index (χ4n) is 8.77. The minimum Gasteiger partial charge on any atom is -0.472 e. The molecule has 7 atom stereocenters. The number of alkyl halides is 4. The number of carboxylic acid groups (broad SMARTS) is 1. The predicted octanol–water partition coefficient (Wildman–Crippen LogP) is 5.72. The number of allylic oxidation sites excluding steroid dienone is 1. The second-order valence-corrected chi connectivity index (χ2v) is 20.1. The number of nitrogens with zero attached hydrogens (tertiary/aromatic N) is 5. The summed E-state index contributed by atoms with van der Waals surface area (Å²) in [5.74, 6) is -4.88. The Bertz CT molecular complexity index is 2430. The summed E-state index contributed by atoms with van der Waals surface area (Å²) in [6.45, 7) is 4.74. The van der Waals surface area contributed by atoms with Gasteiger partial charge in [-0.1, -0.05) is 37.6 Å². The molecule has 2 aliphatic heterocycles. The van der Waals surface area contributed by atoms with Crippen molar-refractivity contribution in [3.63, 3.8) is 0 Å². The van der Waals surface area contributed by atoms with E-state index in [1.807, 2.05) is 11.6 Å². The third-order valence-corrected chi connectivity index (χ3v) is 15.1. The Hall–Kier alpha value is -4.72. The van der Waals surface area contributed by atoms with Crippen molar-refractivity contribution >= 4 is 62.1 Å². The molecule has 4 heterocycles. The average Bonchev–Trinajstić information content (AvgIpc) is 4.02. The van der Waals surface area contributed by atoms with Crippen LogP contribution in [0.4, 0.5) is 22.4 Å². The zero-order chi connectivity index (χ0) is 44.6. The molecule has 0 bridgehead atoms. The van der Waals surface area contributed by atoms with Crippen LogP contribution in [0.1, 0.15) is 78.3 Å². The Kier molecular flexibility index (Phi) is 11.3. The number of benzene rings is 1. The van der Waals surface area contributed by atoms with Crippen LogP contribution in [0.2, 0.25) is 5.02 Å². The van der Waals surface area contributed by atoms with Gasteiger partial charge in [0.05, 0.1) is 23.1 Å². The molecule has 332 valence electrons. The molecule has 1 aromatic carbocycles. The average molecular weight is 898 g/mol. The number of halogens is 5. The van der Waals surface area contributed by atoms with Crippen molar-refractivity contribution in [1.82, 2.24) is 34.2 Å². The molecular formula is C40H48ClF4N7O8S. The van der Waals surface area contributed by atoms with Gasteiger partial charge in [-0.3, -0.25) is 28.4 Å². The molecule has 4 amide bonds. The van der Waals surface area contributed by atoms with Crippen LogP contribution in [0.25, 0.3) is 16.7 Å². The van der Waals surface area contributed by atoms with Gasteiger partial charge in [-0.2, -0.15) is 18.2 Å². The first-order valence-electron chi connectivity index (χ1n) is 20.1. The number of sulfonamides is 1. The molecule has 0 radical (unpaired) electrons. The number of rotatable bonds is 8. The van der Waals surface area contributed by atoms with Gasteiger partial charge in [0.2, 0.25) is 33.5 Å². The summed E-state index contributed by atoms with van der Waals surface area (Å²) in [7, 11) is -4.52. The molecule has 3 N–H and O–H groups in total. The van der Waals surface area contributed by atoms with E-state index in [-0.39, 0.29) is 54.6 Å². The highest BCUT2D eigenvalue weighted by atomic mass is 35.5. The smallest absolute Gasteiger partial charge is 0.411 e. The van der Waals surface area contributed by atoms with Crippen molar-refractivity contribution in [1.29, 1.82) is 0 Å². The maximum Gasteiger partial charge on any atom is 0.411 e. The van der Waals surface area contributed by atoms with Gasteiger partial charge in [0.15, 0.2) is 0 Å². The van der Waals surface area contributed by atoms with Crippen molar-refractivity contribution in [2.45, 2.75) is 120 Å². The highest BCUT2D eigenvalue weighted by Crippen LogP contribution is 2.48. The molecule has 21 heteroatoms. The Balaban J connectivity index is 1.31. The van der Waals surface area contributed by atoms with E-state index in [4.69, 9.17) is 16.3 Å². The lowest BCUT2D eigenvalue weighted by Gasteiger charge is -2.45. The van der Waals surface area contributed by atoms with Gasteiger partial charge in [-0.25, -0.2) is 22.6 Å². The number of fused-ring (bicyclic) bond motifs is 5. The van der Waals surface area contributed by atoms with Gasteiger partial charge >= 0.3 is 12.3 Å². The molecule has 2 aliphatic carbocycles. The summed E-state index contributed by atoms with van der Waals surface area (Å²) in [6.07, 6.45) is -2.46. The largest absolute Gasteiger partial charge is 0.472 e. The highest BCUT2D eigenvalue weighted by Gasteiger charge is 2.64. The van der Waals surface area contributed by atoms with Crippen molar-refractivity contribution in [3.8, 4) is 5.88 Å². The van der Waals surface area contributed by atoms with E-state index in [1.165, 1.54) is 6.92 Å². The summed E-state index contributed by atoms with van der Waals surface area (Å²) in [5.41, 5.74) is -3.71. The lowest BCUT2D eigenvalue weighted by atomic mass is 9.85. The molecule has 7 rings (SSSR count). The molecule has 2 aromatic heterocycles. The number of aryl methyl sites for hydroxylation is 1. The van der Waals surface area contributed by atoms with E-state index >= 15 is 4.79 Å². The van der Waals surface area contributed by atoms with Crippen LogP contribution >= 0.6 is 11.6 Å². The second kappa shape index (κ2) is 15.6. The van der Waals surface area contributed by atoms with Gasteiger partial charge in [0.1, 0.15) is 40.7 Å². The van der Waals surface area contributed by atoms with Gasteiger partial charge in [-0.05, 0) is 89.3 Å². The molecule has 0 spiro atoms. The fraction of sp³-hybridized carbons (Fsp3) is 0.600. The van der Waals surface area contributed by atoms with E-state index in [1.54, 1.807) is 47.9 Å². The summed E-state index contributed by atoms with van der Waals surface area (Å²) in [6, 6.07) is 1.43. The number of aromatic nitrogens is 3. The zero-order valence-electron chi connectivity index (χ0n) is 34.1. The van der Waals surface area contributed by atoms with Crippen molar-refractivity contribution in [2.75, 3.05) is 13.2 Å². The van der Waals surface area contributed by atoms with Crippen molar-refractivity contribution < 1.29 is 55.0 Å². The lowest BCUT2D eigenvalue weighted by Crippen LogP contribution is -2.66. The number of imidazole rings is 1. The standard InChI is InChI=1S/C40H48ClF4N7O8S/c1-21-8-6-7-9-24-17-39(24,34(55)49-61(58,59)38(20-42)12-13-38)48-31(53)29-16-26(60-32-27-15-25(41)10-11-28(27)51-18-23(3)46-35(51)47-32)19-50(29)33(54)30(22(2)14-21)52(36(56)57)37(4,5)40(43,44)45/h7,9-11,15,18,21-22,24,26,29-30H,6,8,12-14,16-17,19-20H2,1-5H3,(H,48,53)(H,49,55)(H,56,57)/b9-7-/t21-,22-,24-,26-,29+,30+,39-/m1/s1. The van der Waals surface area contributed by atoms with Crippen molar-refractivity contribution in [2.24, 2.45) is 17.8 Å². The van der Waals surface area contributed by atoms with Crippen LogP contribution in [-0.2, 0) is 24.4 Å². The second-order valence-electron chi connectivity index (χ2n) is 17.6. The third kappa shape index (κ3) is 7.97. The molecule has 4 aliphatic rings. The number of carbonyl (C=O) groups is 4. The molecule has 2 saturated carbocycles. The Morgan fingerprint density at radius 2 is 1.85 bits per heavy atom. The summed E-state index contributed by atoms with van der Waals surface area (Å²) in [4.78, 5) is 66.8. The number of ether oxygens (including phenoxy) is 1. The molecule has 3 fully saturated rings. The Morgan fingerprint density at radius 3 is 2.49 bits per heavy atom. The SMILES string of the molecule is Cc1cn2c(n1)nc(O[C@@H]1C[C@H]3C(=O)N[C@]4(C(=O)NS(=O)(=O)C5(CF)CC5)C[C@H]4/C=C\CC[C@@H](C)C[C@@H](C)[C@H](N(C(=O)O)C(C)(C)C(F)(F)F)C(=O)N3C1)c1cc(Cl)ccc12. The monoisotopic (exact) mass is 897 g/mol. The molecule has 3 aromatic rings. The fourth-order valence-corrected chi connectivity index (χ4v) is 10.4. The summed E-state index contributed by atoms with van der Waals surface area (Å²) >= 11 is 6.39. The van der Waals surface area contributed by atoms with Crippen LogP contribution in [0.15, 0.2) is 36.5 Å². The van der Waals surface area contributed by atoms with Gasteiger partial charge in [0, 0.05) is 23.6 Å². The summed E-state index contributed by atoms with van der Waals surface area (Å²) in [5, 5.41) is 13.9. The number of amides is 4. The van der Waals surface area contributed by atoms with Crippen LogP contribution in [0.3, 0.4) is 0 Å². The van der Waals surface area contributed by atoms with Crippen LogP contribution in [0, 0.1) is 24.7 Å².